The Morgan fingerprint density at radius 1 is 1.05 bits per heavy atom. The summed E-state index contributed by atoms with van der Waals surface area (Å²) in [6.45, 7) is 4.41. The zero-order valence-electron chi connectivity index (χ0n) is 13.2. The Hall–Kier alpha value is -1.63. The van der Waals surface area contributed by atoms with Crippen LogP contribution in [0.1, 0.15) is 63.5 Å². The highest BCUT2D eigenvalue weighted by Crippen LogP contribution is 2.36. The van der Waals surface area contributed by atoms with E-state index in [0.717, 1.165) is 12.1 Å². The van der Waals surface area contributed by atoms with Crippen LogP contribution < -0.4 is 0 Å². The van der Waals surface area contributed by atoms with Gasteiger partial charge in [-0.25, -0.2) is 0 Å². The van der Waals surface area contributed by atoms with Gasteiger partial charge in [-0.15, -0.1) is 0 Å². The van der Waals surface area contributed by atoms with Crippen molar-refractivity contribution < 1.29 is 0 Å². The Labute approximate surface area is 128 Å². The van der Waals surface area contributed by atoms with Crippen molar-refractivity contribution in [1.29, 1.82) is 5.41 Å². The van der Waals surface area contributed by atoms with Gasteiger partial charge in [-0.1, -0.05) is 55.2 Å². The molecule has 2 aliphatic carbocycles. The zero-order chi connectivity index (χ0) is 14.8. The van der Waals surface area contributed by atoms with Gasteiger partial charge in [0.2, 0.25) is 0 Å². The molecule has 0 heterocycles. The van der Waals surface area contributed by atoms with E-state index in [1.165, 1.54) is 60.0 Å². The fourth-order valence-corrected chi connectivity index (χ4v) is 3.70. The van der Waals surface area contributed by atoms with Crippen LogP contribution in [0.15, 0.2) is 41.5 Å². The molecule has 21 heavy (non-hydrogen) atoms. The van der Waals surface area contributed by atoms with E-state index in [9.17, 15) is 0 Å². The van der Waals surface area contributed by atoms with Crippen molar-refractivity contribution >= 4 is 11.3 Å². The van der Waals surface area contributed by atoms with E-state index in [1.54, 1.807) is 0 Å². The molecule has 1 heteroatoms. The van der Waals surface area contributed by atoms with Crippen LogP contribution in [0.5, 0.6) is 0 Å². The lowest BCUT2D eigenvalue weighted by molar-refractivity contribution is 0.438. The Morgan fingerprint density at radius 2 is 1.76 bits per heavy atom. The fourth-order valence-electron chi connectivity index (χ4n) is 3.70. The first-order chi connectivity index (χ1) is 10.2. The summed E-state index contributed by atoms with van der Waals surface area (Å²) in [6, 6.07) is 8.56. The van der Waals surface area contributed by atoms with E-state index < -0.39 is 0 Å². The molecular weight excluding hydrogens is 254 g/mol. The molecule has 0 unspecified atom stereocenters. The van der Waals surface area contributed by atoms with Crippen LogP contribution >= 0.6 is 0 Å². The van der Waals surface area contributed by atoms with Crippen LogP contribution in [0.25, 0.3) is 5.57 Å². The molecule has 110 valence electrons. The predicted molar refractivity (Wildman–Crippen MR) is 90.8 cm³/mol. The lowest BCUT2D eigenvalue weighted by atomic mass is 9.81. The Morgan fingerprint density at radius 3 is 2.43 bits per heavy atom. The first-order valence-corrected chi connectivity index (χ1v) is 8.23. The SMILES string of the molecule is CC1=CCC(c2ccccc2C(=N)C2CCCCC2)=C1C. The number of benzene rings is 1. The van der Waals surface area contributed by atoms with Gasteiger partial charge in [-0.2, -0.15) is 0 Å². The van der Waals surface area contributed by atoms with Crippen LogP contribution in [0.2, 0.25) is 0 Å². The topological polar surface area (TPSA) is 23.9 Å². The summed E-state index contributed by atoms with van der Waals surface area (Å²) >= 11 is 0. The van der Waals surface area contributed by atoms with Crippen molar-refractivity contribution in [2.75, 3.05) is 0 Å². The Balaban J connectivity index is 1.95. The molecule has 1 fully saturated rings. The summed E-state index contributed by atoms with van der Waals surface area (Å²) in [6.07, 6.45) is 9.65. The maximum atomic E-state index is 8.71. The van der Waals surface area contributed by atoms with Crippen LogP contribution in [-0.4, -0.2) is 5.71 Å². The highest BCUT2D eigenvalue weighted by molar-refractivity contribution is 6.04. The third-order valence-corrected chi connectivity index (χ3v) is 5.21. The van der Waals surface area contributed by atoms with Crippen molar-refractivity contribution in [2.24, 2.45) is 5.92 Å². The number of nitrogens with one attached hydrogen (secondary N) is 1. The molecule has 0 bridgehead atoms. The van der Waals surface area contributed by atoms with Gasteiger partial charge in [0.25, 0.3) is 0 Å². The van der Waals surface area contributed by atoms with Crippen molar-refractivity contribution in [2.45, 2.75) is 52.4 Å². The second-order valence-corrected chi connectivity index (χ2v) is 6.49. The lowest BCUT2D eigenvalue weighted by Gasteiger charge is -2.24. The van der Waals surface area contributed by atoms with Crippen molar-refractivity contribution in [3.05, 3.63) is 52.6 Å². The molecule has 1 aromatic carbocycles. The summed E-state index contributed by atoms with van der Waals surface area (Å²) in [5, 5.41) is 8.71. The average molecular weight is 279 g/mol. The molecule has 2 aliphatic rings. The van der Waals surface area contributed by atoms with Gasteiger partial charge >= 0.3 is 0 Å². The summed E-state index contributed by atoms with van der Waals surface area (Å²) in [4.78, 5) is 0. The molecule has 1 nitrogen and oxygen atoms in total. The lowest BCUT2D eigenvalue weighted by Crippen LogP contribution is -2.19. The highest BCUT2D eigenvalue weighted by atomic mass is 14.5. The number of rotatable bonds is 3. The zero-order valence-corrected chi connectivity index (χ0v) is 13.2. The number of allylic oxidation sites excluding steroid dienone is 4. The maximum absolute atomic E-state index is 8.71. The molecule has 0 radical (unpaired) electrons. The van der Waals surface area contributed by atoms with Gasteiger partial charge in [0.15, 0.2) is 0 Å². The van der Waals surface area contributed by atoms with E-state index in [4.69, 9.17) is 5.41 Å². The normalized spacial score (nSPS) is 19.8. The van der Waals surface area contributed by atoms with Crippen molar-refractivity contribution in [3.63, 3.8) is 0 Å². The summed E-state index contributed by atoms with van der Waals surface area (Å²) < 4.78 is 0. The number of hydrogen-bond donors (Lipinski definition) is 1. The molecule has 0 atom stereocenters. The van der Waals surface area contributed by atoms with E-state index in [1.807, 2.05) is 0 Å². The second-order valence-electron chi connectivity index (χ2n) is 6.49. The fraction of sp³-hybridized carbons (Fsp3) is 0.450. The van der Waals surface area contributed by atoms with Gasteiger partial charge in [-0.05, 0) is 49.8 Å². The van der Waals surface area contributed by atoms with Gasteiger partial charge in [-0.3, -0.25) is 0 Å². The quantitative estimate of drug-likeness (QED) is 0.680. The molecule has 0 amide bonds. The molecule has 1 aromatic rings. The molecule has 0 aliphatic heterocycles. The summed E-state index contributed by atoms with van der Waals surface area (Å²) in [7, 11) is 0. The monoisotopic (exact) mass is 279 g/mol. The first kappa shape index (κ1) is 14.3. The summed E-state index contributed by atoms with van der Waals surface area (Å²) in [5.41, 5.74) is 7.54. The Kier molecular flexibility index (Phi) is 4.10. The van der Waals surface area contributed by atoms with Crippen LogP contribution in [0, 0.1) is 11.3 Å². The van der Waals surface area contributed by atoms with Crippen molar-refractivity contribution in [1.82, 2.24) is 0 Å². The van der Waals surface area contributed by atoms with Gasteiger partial charge in [0.1, 0.15) is 0 Å². The first-order valence-electron chi connectivity index (χ1n) is 8.23. The minimum Gasteiger partial charge on any atom is -0.304 e. The average Bonchev–Trinajstić information content (AvgIpc) is 2.87. The largest absolute Gasteiger partial charge is 0.304 e. The third-order valence-electron chi connectivity index (χ3n) is 5.21. The van der Waals surface area contributed by atoms with E-state index in [-0.39, 0.29) is 0 Å². The van der Waals surface area contributed by atoms with Crippen LogP contribution in [0.4, 0.5) is 0 Å². The maximum Gasteiger partial charge on any atom is 0.0423 e. The van der Waals surface area contributed by atoms with E-state index in [2.05, 4.69) is 44.2 Å². The standard InChI is InChI=1S/C20H25N/c1-14-12-13-17(15(14)2)18-10-6-7-11-19(18)20(21)16-8-4-3-5-9-16/h6-7,10-12,16,21H,3-5,8-9,13H2,1-2H3. The molecule has 0 spiro atoms. The molecule has 3 rings (SSSR count). The summed E-state index contributed by atoms with van der Waals surface area (Å²) in [5.74, 6) is 0.469. The van der Waals surface area contributed by atoms with Gasteiger partial charge < -0.3 is 5.41 Å². The Bertz CT molecular complexity index is 612. The minimum atomic E-state index is 0.469. The molecule has 1 N–H and O–H groups in total. The molecule has 0 aromatic heterocycles. The van der Waals surface area contributed by atoms with Crippen molar-refractivity contribution in [3.8, 4) is 0 Å². The van der Waals surface area contributed by atoms with E-state index in [0.29, 0.717) is 5.92 Å². The smallest absolute Gasteiger partial charge is 0.0423 e. The number of hydrogen-bond acceptors (Lipinski definition) is 1. The molecule has 1 saturated carbocycles. The third kappa shape index (κ3) is 2.74. The van der Waals surface area contributed by atoms with Crippen LogP contribution in [0.3, 0.4) is 0 Å². The minimum absolute atomic E-state index is 0.469. The van der Waals surface area contributed by atoms with E-state index >= 15 is 0 Å². The second kappa shape index (κ2) is 6.01. The van der Waals surface area contributed by atoms with Gasteiger partial charge in [0.05, 0.1) is 0 Å². The van der Waals surface area contributed by atoms with Crippen LogP contribution in [-0.2, 0) is 0 Å². The molecular formula is C20H25N. The molecule has 0 saturated heterocycles. The highest BCUT2D eigenvalue weighted by Gasteiger charge is 2.23. The predicted octanol–water partition coefficient (Wildman–Crippen LogP) is 5.76. The van der Waals surface area contributed by atoms with Gasteiger partial charge in [0, 0.05) is 17.2 Å².